The molecule has 2 atom stereocenters. The molecule has 0 heterocycles. The number of hydrogen-bond acceptors (Lipinski definition) is 3. The van der Waals surface area contributed by atoms with Crippen molar-refractivity contribution in [2.75, 3.05) is 0 Å². The summed E-state index contributed by atoms with van der Waals surface area (Å²) in [4.78, 5) is 11.0. The van der Waals surface area contributed by atoms with E-state index in [1.54, 1.807) is 13.0 Å². The van der Waals surface area contributed by atoms with Crippen LogP contribution < -0.4 is 5.73 Å². The minimum Gasteiger partial charge on any atom is -0.442 e. The number of primary amides is 1. The van der Waals surface area contributed by atoms with Gasteiger partial charge in [-0.05, 0) is 31.4 Å². The molecule has 0 unspecified atom stereocenters. The monoisotopic (exact) mass is 269 g/mol. The van der Waals surface area contributed by atoms with Gasteiger partial charge in [0.2, 0.25) is 0 Å². The number of rotatable bonds is 4. The van der Waals surface area contributed by atoms with Crippen molar-refractivity contribution in [2.24, 2.45) is 5.73 Å². The van der Waals surface area contributed by atoms with E-state index in [0.717, 1.165) is 5.56 Å². The van der Waals surface area contributed by atoms with Crippen LogP contribution in [0.5, 0.6) is 0 Å². The number of amides is 1. The molecule has 1 aromatic rings. The minimum atomic E-state index is -0.815. The molecular weight excluding hydrogens is 254 g/mol. The van der Waals surface area contributed by atoms with Crippen LogP contribution >= 0.6 is 11.6 Å². The number of carbonyl (C=O) groups is 1. The van der Waals surface area contributed by atoms with Crippen LogP contribution in [0.4, 0.5) is 4.79 Å². The van der Waals surface area contributed by atoms with Gasteiger partial charge in [-0.2, -0.15) is 0 Å². The van der Waals surface area contributed by atoms with Gasteiger partial charge in [-0.3, -0.25) is 0 Å². The Labute approximate surface area is 111 Å². The van der Waals surface area contributed by atoms with Crippen molar-refractivity contribution in [3.63, 3.8) is 0 Å². The van der Waals surface area contributed by atoms with Gasteiger partial charge in [0, 0.05) is 5.02 Å². The average Bonchev–Trinajstić information content (AvgIpc) is 3.00. The molecule has 18 heavy (non-hydrogen) atoms. The summed E-state index contributed by atoms with van der Waals surface area (Å²) in [6.45, 7) is 1.67. The van der Waals surface area contributed by atoms with Gasteiger partial charge >= 0.3 is 6.09 Å². The van der Waals surface area contributed by atoms with Crippen molar-refractivity contribution in [1.82, 2.24) is 0 Å². The molecule has 0 radical (unpaired) electrons. The fourth-order valence-corrected chi connectivity index (χ4v) is 2.76. The molecule has 1 aromatic carbocycles. The summed E-state index contributed by atoms with van der Waals surface area (Å²) >= 11 is 6.15. The zero-order chi connectivity index (χ0) is 13.3. The lowest BCUT2D eigenvalue weighted by Crippen LogP contribution is -2.35. The minimum absolute atomic E-state index is 0.348. The molecule has 2 rings (SSSR count). The van der Waals surface area contributed by atoms with E-state index in [0.29, 0.717) is 17.9 Å². The van der Waals surface area contributed by atoms with E-state index in [-0.39, 0.29) is 5.92 Å². The Morgan fingerprint density at radius 2 is 2.11 bits per heavy atom. The Bertz CT molecular complexity index is 457. The van der Waals surface area contributed by atoms with E-state index in [1.165, 1.54) is 0 Å². The lowest BCUT2D eigenvalue weighted by atomic mass is 9.87. The van der Waals surface area contributed by atoms with E-state index < -0.39 is 17.8 Å². The van der Waals surface area contributed by atoms with Gasteiger partial charge in [-0.1, -0.05) is 29.8 Å². The van der Waals surface area contributed by atoms with E-state index in [2.05, 4.69) is 0 Å². The molecule has 0 saturated heterocycles. The van der Waals surface area contributed by atoms with Crippen molar-refractivity contribution in [3.8, 4) is 0 Å². The maximum atomic E-state index is 11.0. The molecule has 0 aromatic heterocycles. The smallest absolute Gasteiger partial charge is 0.405 e. The first-order valence-electron chi connectivity index (χ1n) is 5.87. The van der Waals surface area contributed by atoms with Crippen LogP contribution in [0, 0.1) is 0 Å². The van der Waals surface area contributed by atoms with Crippen LogP contribution in [0.1, 0.15) is 31.2 Å². The van der Waals surface area contributed by atoms with Gasteiger partial charge < -0.3 is 15.6 Å². The maximum Gasteiger partial charge on any atom is 0.405 e. The standard InChI is InChI=1S/C13H16ClNO3/c1-8(16)11(9-4-2-3-5-10(9)14)13(6-7-13)18-12(15)17/h2-5,8,11,16H,6-7H2,1H3,(H2,15,17)/t8-,11+/m0/s1. The Kier molecular flexibility index (Phi) is 3.50. The van der Waals surface area contributed by atoms with Gasteiger partial charge in [0.15, 0.2) is 0 Å². The number of benzene rings is 1. The number of ether oxygens (including phenoxy) is 1. The van der Waals surface area contributed by atoms with Crippen molar-refractivity contribution < 1.29 is 14.6 Å². The predicted octanol–water partition coefficient (Wildman–Crippen LogP) is 2.43. The number of hydrogen-bond donors (Lipinski definition) is 2. The third-order valence-electron chi connectivity index (χ3n) is 3.34. The van der Waals surface area contributed by atoms with Crippen LogP contribution in [0.3, 0.4) is 0 Å². The summed E-state index contributed by atoms with van der Waals surface area (Å²) in [6.07, 6.45) is -0.107. The summed E-state index contributed by atoms with van der Waals surface area (Å²) in [7, 11) is 0. The molecule has 98 valence electrons. The Hall–Kier alpha value is -1.26. The molecule has 0 bridgehead atoms. The third kappa shape index (κ3) is 2.44. The highest BCUT2D eigenvalue weighted by molar-refractivity contribution is 6.31. The molecule has 0 spiro atoms. The van der Waals surface area contributed by atoms with E-state index >= 15 is 0 Å². The highest BCUT2D eigenvalue weighted by Gasteiger charge is 2.55. The highest BCUT2D eigenvalue weighted by Crippen LogP contribution is 2.53. The first kappa shape index (κ1) is 13.2. The zero-order valence-corrected chi connectivity index (χ0v) is 10.9. The normalized spacial score (nSPS) is 19.9. The summed E-state index contributed by atoms with van der Waals surface area (Å²) in [6, 6.07) is 7.26. The fourth-order valence-electron chi connectivity index (χ4n) is 2.51. The molecule has 4 nitrogen and oxygen atoms in total. The summed E-state index contributed by atoms with van der Waals surface area (Å²) < 4.78 is 5.20. The summed E-state index contributed by atoms with van der Waals surface area (Å²) in [5.41, 5.74) is 5.18. The van der Waals surface area contributed by atoms with Gasteiger partial charge in [-0.25, -0.2) is 4.79 Å². The first-order valence-corrected chi connectivity index (χ1v) is 6.25. The van der Waals surface area contributed by atoms with Crippen molar-refractivity contribution >= 4 is 17.7 Å². The second kappa shape index (κ2) is 4.78. The molecular formula is C13H16ClNO3. The second-order valence-corrected chi connectivity index (χ2v) is 5.13. The summed E-state index contributed by atoms with van der Waals surface area (Å²) in [5.74, 6) is -0.348. The number of nitrogens with two attached hydrogens (primary N) is 1. The maximum absolute atomic E-state index is 11.0. The highest BCUT2D eigenvalue weighted by atomic mass is 35.5. The van der Waals surface area contributed by atoms with Gasteiger partial charge in [0.25, 0.3) is 0 Å². The summed E-state index contributed by atoms with van der Waals surface area (Å²) in [5, 5.41) is 10.5. The second-order valence-electron chi connectivity index (χ2n) is 4.73. The molecule has 1 aliphatic rings. The Morgan fingerprint density at radius 3 is 2.56 bits per heavy atom. The molecule has 0 aliphatic heterocycles. The predicted molar refractivity (Wildman–Crippen MR) is 68.5 cm³/mol. The van der Waals surface area contributed by atoms with Crippen LogP contribution in [-0.4, -0.2) is 22.9 Å². The lowest BCUT2D eigenvalue weighted by Gasteiger charge is -2.29. The fraction of sp³-hybridized carbons (Fsp3) is 0.462. The Morgan fingerprint density at radius 1 is 1.50 bits per heavy atom. The van der Waals surface area contributed by atoms with E-state index in [4.69, 9.17) is 22.1 Å². The molecule has 1 saturated carbocycles. The van der Waals surface area contributed by atoms with E-state index in [9.17, 15) is 9.90 Å². The molecule has 1 amide bonds. The quantitative estimate of drug-likeness (QED) is 0.882. The van der Waals surface area contributed by atoms with Crippen molar-refractivity contribution in [1.29, 1.82) is 0 Å². The van der Waals surface area contributed by atoms with Crippen molar-refractivity contribution in [3.05, 3.63) is 34.9 Å². The zero-order valence-electron chi connectivity index (χ0n) is 10.1. The average molecular weight is 270 g/mol. The van der Waals surface area contributed by atoms with Crippen LogP contribution in [0.2, 0.25) is 5.02 Å². The van der Waals surface area contributed by atoms with Gasteiger partial charge in [0.05, 0.1) is 12.0 Å². The first-order chi connectivity index (χ1) is 8.46. The number of carbonyl (C=O) groups excluding carboxylic acids is 1. The molecule has 1 aliphatic carbocycles. The lowest BCUT2D eigenvalue weighted by molar-refractivity contribution is 0.0275. The van der Waals surface area contributed by atoms with Gasteiger partial charge in [-0.15, -0.1) is 0 Å². The molecule has 3 N–H and O–H groups in total. The van der Waals surface area contributed by atoms with Crippen LogP contribution in [0.15, 0.2) is 24.3 Å². The Balaban J connectivity index is 2.36. The SMILES string of the molecule is C[C@H](O)[C@H](c1ccccc1Cl)C1(OC(N)=O)CC1. The number of aliphatic hydroxyl groups excluding tert-OH is 1. The van der Waals surface area contributed by atoms with Crippen molar-refractivity contribution in [2.45, 2.75) is 37.4 Å². The topological polar surface area (TPSA) is 72.6 Å². The molecule has 5 heteroatoms. The van der Waals surface area contributed by atoms with E-state index in [1.807, 2.05) is 18.2 Å². The molecule has 1 fully saturated rings. The number of halogens is 1. The third-order valence-corrected chi connectivity index (χ3v) is 3.68. The van der Waals surface area contributed by atoms with Gasteiger partial charge in [0.1, 0.15) is 5.60 Å². The number of aliphatic hydroxyl groups is 1. The van der Waals surface area contributed by atoms with Crippen LogP contribution in [0.25, 0.3) is 0 Å². The largest absolute Gasteiger partial charge is 0.442 e. The van der Waals surface area contributed by atoms with Crippen LogP contribution in [-0.2, 0) is 4.74 Å².